The van der Waals surface area contributed by atoms with Crippen LogP contribution in [-0.2, 0) is 0 Å². The molecule has 1 unspecified atom stereocenters. The second kappa shape index (κ2) is 5.71. The van der Waals surface area contributed by atoms with Gasteiger partial charge in [-0.1, -0.05) is 6.92 Å². The molecule has 94 valence electrons. The van der Waals surface area contributed by atoms with E-state index in [1.165, 1.54) is 32.5 Å². The third kappa shape index (κ3) is 3.36. The van der Waals surface area contributed by atoms with Crippen molar-refractivity contribution in [2.24, 2.45) is 0 Å². The van der Waals surface area contributed by atoms with E-state index in [0.29, 0.717) is 6.04 Å². The molecule has 2 aliphatic rings. The van der Waals surface area contributed by atoms with E-state index in [-0.39, 0.29) is 0 Å². The normalized spacial score (nSPS) is 33.4. The van der Waals surface area contributed by atoms with Crippen LogP contribution in [0.15, 0.2) is 0 Å². The number of nitrogens with one attached hydrogen (secondary N) is 1. The van der Waals surface area contributed by atoms with Crippen LogP contribution in [0.4, 0.5) is 0 Å². The van der Waals surface area contributed by atoms with Crippen LogP contribution in [0.2, 0.25) is 0 Å². The van der Waals surface area contributed by atoms with E-state index in [2.05, 4.69) is 17.1 Å². The number of hydrogen-bond acceptors (Lipinski definition) is 4. The van der Waals surface area contributed by atoms with Crippen LogP contribution in [0.5, 0.6) is 0 Å². The van der Waals surface area contributed by atoms with Crippen molar-refractivity contribution in [3.63, 3.8) is 0 Å². The number of hydrogen-bond donors (Lipinski definition) is 2. The maximum Gasteiger partial charge on any atom is 0.0869 e. The first-order valence-electron chi connectivity index (χ1n) is 6.48. The molecule has 2 fully saturated rings. The predicted octanol–water partition coefficient (Wildman–Crippen LogP) is 0.928. The summed E-state index contributed by atoms with van der Waals surface area (Å²) in [7, 11) is 0. The standard InChI is InChI=1S/C12H24N2OS/c1-2-14-6-3-11(4-7-14)13-9-12(15)5-8-16-10-12/h11,13,15H,2-10H2,1H3. The Balaban J connectivity index is 1.67. The van der Waals surface area contributed by atoms with E-state index in [1.54, 1.807) is 0 Å². The molecule has 0 aromatic rings. The summed E-state index contributed by atoms with van der Waals surface area (Å²) in [4.78, 5) is 2.50. The molecule has 0 bridgehead atoms. The van der Waals surface area contributed by atoms with Crippen molar-refractivity contribution >= 4 is 11.8 Å². The number of aliphatic hydroxyl groups is 1. The first-order valence-corrected chi connectivity index (χ1v) is 7.63. The Labute approximate surface area is 103 Å². The minimum absolute atomic E-state index is 0.424. The van der Waals surface area contributed by atoms with E-state index in [9.17, 15) is 5.11 Å². The van der Waals surface area contributed by atoms with Crippen molar-refractivity contribution in [1.82, 2.24) is 10.2 Å². The summed E-state index contributed by atoms with van der Waals surface area (Å²) in [6.07, 6.45) is 3.42. The van der Waals surface area contributed by atoms with Gasteiger partial charge in [0.15, 0.2) is 0 Å². The Hall–Kier alpha value is 0.230. The van der Waals surface area contributed by atoms with E-state index in [0.717, 1.165) is 24.5 Å². The second-order valence-corrected chi connectivity index (χ2v) is 6.22. The molecule has 0 saturated carbocycles. The average Bonchev–Trinajstić information content (AvgIpc) is 2.75. The Morgan fingerprint density at radius 3 is 2.75 bits per heavy atom. The fraction of sp³-hybridized carbons (Fsp3) is 1.00. The van der Waals surface area contributed by atoms with Gasteiger partial charge in [0, 0.05) is 18.3 Å². The minimum atomic E-state index is -0.424. The Morgan fingerprint density at radius 2 is 2.19 bits per heavy atom. The highest BCUT2D eigenvalue weighted by atomic mass is 32.2. The molecule has 2 aliphatic heterocycles. The summed E-state index contributed by atoms with van der Waals surface area (Å²) in [6.45, 7) is 6.61. The van der Waals surface area contributed by atoms with Gasteiger partial charge in [0.1, 0.15) is 0 Å². The number of thioether (sulfide) groups is 1. The molecular formula is C12H24N2OS. The molecule has 0 aromatic heterocycles. The molecule has 0 aliphatic carbocycles. The van der Waals surface area contributed by atoms with E-state index >= 15 is 0 Å². The van der Waals surface area contributed by atoms with Crippen LogP contribution >= 0.6 is 11.8 Å². The topological polar surface area (TPSA) is 35.5 Å². The van der Waals surface area contributed by atoms with Crippen molar-refractivity contribution in [1.29, 1.82) is 0 Å². The molecule has 3 nitrogen and oxygen atoms in total. The number of likely N-dealkylation sites (tertiary alicyclic amines) is 1. The lowest BCUT2D eigenvalue weighted by atomic mass is 10.0. The van der Waals surface area contributed by atoms with Gasteiger partial charge in [-0.25, -0.2) is 0 Å². The second-order valence-electron chi connectivity index (χ2n) is 5.12. The zero-order chi connectivity index (χ0) is 11.4. The number of piperidine rings is 1. The first kappa shape index (κ1) is 12.7. The summed E-state index contributed by atoms with van der Waals surface area (Å²) >= 11 is 1.87. The average molecular weight is 244 g/mol. The molecule has 0 aromatic carbocycles. The van der Waals surface area contributed by atoms with Gasteiger partial charge in [0.25, 0.3) is 0 Å². The lowest BCUT2D eigenvalue weighted by Gasteiger charge is -2.33. The monoisotopic (exact) mass is 244 g/mol. The molecule has 16 heavy (non-hydrogen) atoms. The van der Waals surface area contributed by atoms with Crippen LogP contribution in [0.3, 0.4) is 0 Å². The summed E-state index contributed by atoms with van der Waals surface area (Å²) in [6, 6.07) is 0.623. The molecule has 0 amide bonds. The Morgan fingerprint density at radius 1 is 1.44 bits per heavy atom. The first-order chi connectivity index (χ1) is 7.72. The van der Waals surface area contributed by atoms with Crippen molar-refractivity contribution in [3.8, 4) is 0 Å². The largest absolute Gasteiger partial charge is 0.388 e. The van der Waals surface area contributed by atoms with Gasteiger partial charge in [-0.05, 0) is 44.6 Å². The smallest absolute Gasteiger partial charge is 0.0869 e. The maximum absolute atomic E-state index is 10.2. The Kier molecular flexibility index (Phi) is 4.53. The number of nitrogens with zero attached hydrogens (tertiary/aromatic N) is 1. The van der Waals surface area contributed by atoms with Crippen LogP contribution in [0.1, 0.15) is 26.2 Å². The van der Waals surface area contributed by atoms with Gasteiger partial charge in [-0.15, -0.1) is 0 Å². The Bertz CT molecular complexity index is 211. The van der Waals surface area contributed by atoms with Crippen molar-refractivity contribution in [3.05, 3.63) is 0 Å². The highest BCUT2D eigenvalue weighted by Gasteiger charge is 2.32. The van der Waals surface area contributed by atoms with Crippen LogP contribution in [0, 0.1) is 0 Å². The van der Waals surface area contributed by atoms with E-state index < -0.39 is 5.60 Å². The zero-order valence-electron chi connectivity index (χ0n) is 10.2. The van der Waals surface area contributed by atoms with Crippen molar-refractivity contribution < 1.29 is 5.11 Å². The van der Waals surface area contributed by atoms with Crippen LogP contribution < -0.4 is 5.32 Å². The van der Waals surface area contributed by atoms with Gasteiger partial charge >= 0.3 is 0 Å². The summed E-state index contributed by atoms with van der Waals surface area (Å²) in [5.41, 5.74) is -0.424. The van der Waals surface area contributed by atoms with Crippen molar-refractivity contribution in [2.45, 2.75) is 37.8 Å². The predicted molar refractivity (Wildman–Crippen MR) is 70.0 cm³/mol. The van der Waals surface area contributed by atoms with Crippen molar-refractivity contribution in [2.75, 3.05) is 37.7 Å². The lowest BCUT2D eigenvalue weighted by molar-refractivity contribution is 0.0607. The highest BCUT2D eigenvalue weighted by Crippen LogP contribution is 2.27. The third-order valence-electron chi connectivity index (χ3n) is 3.84. The summed E-state index contributed by atoms with van der Waals surface area (Å²) < 4.78 is 0. The van der Waals surface area contributed by atoms with Gasteiger partial charge in [-0.2, -0.15) is 11.8 Å². The molecule has 0 radical (unpaired) electrons. The van der Waals surface area contributed by atoms with Crippen LogP contribution in [0.25, 0.3) is 0 Å². The highest BCUT2D eigenvalue weighted by molar-refractivity contribution is 7.99. The fourth-order valence-corrected chi connectivity index (χ4v) is 3.82. The van der Waals surface area contributed by atoms with Gasteiger partial charge in [0.05, 0.1) is 5.60 Å². The zero-order valence-corrected chi connectivity index (χ0v) is 11.1. The van der Waals surface area contributed by atoms with E-state index in [1.807, 2.05) is 11.8 Å². The van der Waals surface area contributed by atoms with Gasteiger partial charge in [-0.3, -0.25) is 0 Å². The minimum Gasteiger partial charge on any atom is -0.388 e. The number of rotatable bonds is 4. The maximum atomic E-state index is 10.2. The molecule has 1 atom stereocenters. The van der Waals surface area contributed by atoms with E-state index in [4.69, 9.17) is 0 Å². The molecule has 4 heteroatoms. The fourth-order valence-electron chi connectivity index (χ4n) is 2.52. The molecule has 0 spiro atoms. The molecular weight excluding hydrogens is 220 g/mol. The van der Waals surface area contributed by atoms with Crippen LogP contribution in [-0.4, -0.2) is 59.3 Å². The molecule has 2 N–H and O–H groups in total. The lowest BCUT2D eigenvalue weighted by Crippen LogP contribution is -2.48. The third-order valence-corrected chi connectivity index (χ3v) is 5.07. The quantitative estimate of drug-likeness (QED) is 0.771. The molecule has 2 rings (SSSR count). The summed E-state index contributed by atoms with van der Waals surface area (Å²) in [5, 5.41) is 13.8. The molecule has 2 heterocycles. The SMILES string of the molecule is CCN1CCC(NCC2(O)CCSC2)CC1. The summed E-state index contributed by atoms with van der Waals surface area (Å²) in [5.74, 6) is 2.03. The molecule has 2 saturated heterocycles. The van der Waals surface area contributed by atoms with Gasteiger partial charge in [0.2, 0.25) is 0 Å². The van der Waals surface area contributed by atoms with Gasteiger partial charge < -0.3 is 15.3 Å².